The van der Waals surface area contributed by atoms with Crippen molar-refractivity contribution in [3.05, 3.63) is 45.9 Å². The van der Waals surface area contributed by atoms with Gasteiger partial charge in [-0.05, 0) is 42.1 Å². The van der Waals surface area contributed by atoms with Crippen molar-refractivity contribution in [2.75, 3.05) is 49.1 Å². The molecule has 1 aromatic carbocycles. The molecule has 3 amide bonds. The molecule has 2 aliphatic heterocycles. The molecule has 2 aliphatic rings. The summed E-state index contributed by atoms with van der Waals surface area (Å²) in [5, 5.41) is 4.53. The predicted octanol–water partition coefficient (Wildman–Crippen LogP) is 2.62. The van der Waals surface area contributed by atoms with Gasteiger partial charge in [-0.2, -0.15) is 0 Å². The molecule has 0 radical (unpaired) electrons. The van der Waals surface area contributed by atoms with Crippen LogP contribution in [0.4, 0.5) is 20.6 Å². The Hall–Kier alpha value is -3.14. The number of thiophene rings is 1. The number of piperazine rings is 1. The van der Waals surface area contributed by atoms with Crippen LogP contribution in [-0.4, -0.2) is 68.2 Å². The first-order chi connectivity index (χ1) is 15.3. The van der Waals surface area contributed by atoms with Gasteiger partial charge < -0.3 is 19.9 Å². The van der Waals surface area contributed by atoms with Crippen LogP contribution in [0.25, 0.3) is 0 Å². The molecule has 3 heterocycles. The Balaban J connectivity index is 1.38. The first-order valence-electron chi connectivity index (χ1n) is 10.4. The van der Waals surface area contributed by atoms with Gasteiger partial charge in [0.1, 0.15) is 11.9 Å². The number of halogens is 1. The van der Waals surface area contributed by atoms with Gasteiger partial charge in [-0.3, -0.25) is 14.5 Å². The second-order valence-electron chi connectivity index (χ2n) is 7.90. The Bertz CT molecular complexity index is 1030. The number of hydrogen-bond donors (Lipinski definition) is 1. The van der Waals surface area contributed by atoms with E-state index in [0.717, 1.165) is 10.4 Å². The second kappa shape index (κ2) is 9.15. The van der Waals surface area contributed by atoms with Crippen molar-refractivity contribution in [3.8, 4) is 0 Å². The number of carbonyl (C=O) groups excluding carboxylic acids is 3. The van der Waals surface area contributed by atoms with E-state index in [1.54, 1.807) is 17.0 Å². The molecular formula is C22H25FN4O4S. The van der Waals surface area contributed by atoms with Crippen molar-refractivity contribution in [3.63, 3.8) is 0 Å². The monoisotopic (exact) mass is 460 g/mol. The molecule has 10 heteroatoms. The molecule has 2 aromatic rings. The molecule has 1 atom stereocenters. The van der Waals surface area contributed by atoms with Crippen molar-refractivity contribution < 1.29 is 23.5 Å². The number of cyclic esters (lactones) is 1. The Morgan fingerprint density at radius 1 is 1.22 bits per heavy atom. The van der Waals surface area contributed by atoms with Gasteiger partial charge in [0.15, 0.2) is 0 Å². The minimum Gasteiger partial charge on any atom is -0.442 e. The first kappa shape index (κ1) is 22.1. The number of ether oxygens (including phenoxy) is 1. The van der Waals surface area contributed by atoms with Crippen molar-refractivity contribution in [1.82, 2.24) is 10.2 Å². The Morgan fingerprint density at radius 2 is 1.97 bits per heavy atom. The summed E-state index contributed by atoms with van der Waals surface area (Å²) in [5.41, 5.74) is 1.82. The molecule has 170 valence electrons. The number of nitrogens with zero attached hydrogens (tertiary/aromatic N) is 3. The largest absolute Gasteiger partial charge is 0.442 e. The first-order valence-corrected chi connectivity index (χ1v) is 11.3. The van der Waals surface area contributed by atoms with Crippen LogP contribution in [-0.2, 0) is 9.53 Å². The zero-order valence-electron chi connectivity index (χ0n) is 18.0. The summed E-state index contributed by atoms with van der Waals surface area (Å²) in [6.45, 7) is 5.85. The summed E-state index contributed by atoms with van der Waals surface area (Å²) < 4.78 is 20.2. The van der Waals surface area contributed by atoms with Gasteiger partial charge in [-0.25, -0.2) is 9.18 Å². The van der Waals surface area contributed by atoms with Crippen LogP contribution in [0, 0.1) is 12.7 Å². The zero-order chi connectivity index (χ0) is 22.8. The number of carbonyl (C=O) groups is 3. The van der Waals surface area contributed by atoms with Crippen LogP contribution < -0.4 is 15.1 Å². The lowest BCUT2D eigenvalue weighted by atomic mass is 10.2. The van der Waals surface area contributed by atoms with Crippen LogP contribution in [0.3, 0.4) is 0 Å². The highest BCUT2D eigenvalue weighted by atomic mass is 32.1. The third kappa shape index (κ3) is 4.55. The Labute approximate surface area is 189 Å². The summed E-state index contributed by atoms with van der Waals surface area (Å²) >= 11 is 1.44. The van der Waals surface area contributed by atoms with E-state index in [2.05, 4.69) is 5.32 Å². The van der Waals surface area contributed by atoms with Crippen molar-refractivity contribution in [1.29, 1.82) is 0 Å². The number of amides is 3. The topological polar surface area (TPSA) is 82.2 Å². The smallest absolute Gasteiger partial charge is 0.414 e. The van der Waals surface area contributed by atoms with Crippen LogP contribution in [0.1, 0.15) is 22.2 Å². The average Bonchev–Trinajstić information content (AvgIpc) is 3.37. The number of benzene rings is 1. The highest BCUT2D eigenvalue weighted by Gasteiger charge is 2.33. The van der Waals surface area contributed by atoms with Gasteiger partial charge in [0.05, 0.1) is 29.3 Å². The standard InChI is InChI=1S/C22H25FN4O4S/c1-14-5-10-32-20(14)21(29)26-8-6-25(7-9-26)19-4-3-16(11-18(19)23)27-13-17(31-22(27)30)12-24-15(2)28/h3-5,10-11,17H,6-9,12-13H2,1-2H3,(H,24,28)/t17-/m0/s1. The number of aryl methyl sites for hydroxylation is 1. The van der Waals surface area contributed by atoms with Gasteiger partial charge in [-0.15, -0.1) is 11.3 Å². The van der Waals surface area contributed by atoms with Crippen molar-refractivity contribution in [2.45, 2.75) is 20.0 Å². The molecular weight excluding hydrogens is 435 g/mol. The van der Waals surface area contributed by atoms with E-state index in [9.17, 15) is 18.8 Å². The minimum atomic E-state index is -0.566. The van der Waals surface area contributed by atoms with Crippen molar-refractivity contribution in [2.24, 2.45) is 0 Å². The zero-order valence-corrected chi connectivity index (χ0v) is 18.8. The second-order valence-corrected chi connectivity index (χ2v) is 8.82. The number of rotatable bonds is 5. The number of hydrogen-bond acceptors (Lipinski definition) is 6. The maximum Gasteiger partial charge on any atom is 0.414 e. The molecule has 0 unspecified atom stereocenters. The molecule has 1 N–H and O–H groups in total. The number of anilines is 2. The van der Waals surface area contributed by atoms with Gasteiger partial charge >= 0.3 is 6.09 Å². The fourth-order valence-corrected chi connectivity index (χ4v) is 4.79. The summed E-state index contributed by atoms with van der Waals surface area (Å²) in [5.74, 6) is -0.619. The van der Waals surface area contributed by atoms with Crippen LogP contribution in [0.2, 0.25) is 0 Å². The molecule has 2 saturated heterocycles. The van der Waals surface area contributed by atoms with E-state index < -0.39 is 18.0 Å². The summed E-state index contributed by atoms with van der Waals surface area (Å²) in [7, 11) is 0. The summed E-state index contributed by atoms with van der Waals surface area (Å²) in [6, 6.07) is 6.60. The highest BCUT2D eigenvalue weighted by molar-refractivity contribution is 7.12. The lowest BCUT2D eigenvalue weighted by Gasteiger charge is -2.36. The highest BCUT2D eigenvalue weighted by Crippen LogP contribution is 2.29. The third-order valence-electron chi connectivity index (χ3n) is 5.66. The van der Waals surface area contributed by atoms with E-state index in [0.29, 0.717) is 37.6 Å². The van der Waals surface area contributed by atoms with Crippen molar-refractivity contribution >= 4 is 40.6 Å². The summed E-state index contributed by atoms with van der Waals surface area (Å²) in [6.07, 6.45) is -1.05. The maximum absolute atomic E-state index is 14.9. The molecule has 32 heavy (non-hydrogen) atoms. The molecule has 0 spiro atoms. The van der Waals surface area contributed by atoms with E-state index in [4.69, 9.17) is 4.74 Å². The fourth-order valence-electron chi connectivity index (χ4n) is 3.90. The van der Waals surface area contributed by atoms with Gasteiger partial charge in [0, 0.05) is 33.1 Å². The molecule has 2 fully saturated rings. The van der Waals surface area contributed by atoms with Crippen LogP contribution in [0.15, 0.2) is 29.6 Å². The molecule has 4 rings (SSSR count). The van der Waals surface area contributed by atoms with Gasteiger partial charge in [-0.1, -0.05) is 0 Å². The molecule has 0 bridgehead atoms. The van der Waals surface area contributed by atoms with Crippen LogP contribution in [0.5, 0.6) is 0 Å². The van der Waals surface area contributed by atoms with E-state index in [1.165, 1.54) is 29.2 Å². The average molecular weight is 461 g/mol. The number of nitrogens with one attached hydrogen (secondary N) is 1. The third-order valence-corrected chi connectivity index (χ3v) is 6.66. The lowest BCUT2D eigenvalue weighted by molar-refractivity contribution is -0.119. The molecule has 0 aliphatic carbocycles. The minimum absolute atomic E-state index is 0.0225. The van der Waals surface area contributed by atoms with E-state index in [1.807, 2.05) is 23.3 Å². The lowest BCUT2D eigenvalue weighted by Crippen LogP contribution is -2.49. The molecule has 0 saturated carbocycles. The molecule has 8 nitrogen and oxygen atoms in total. The van der Waals surface area contributed by atoms with Gasteiger partial charge in [0.2, 0.25) is 5.91 Å². The van der Waals surface area contributed by atoms with Gasteiger partial charge in [0.25, 0.3) is 5.91 Å². The van der Waals surface area contributed by atoms with E-state index >= 15 is 0 Å². The Morgan fingerprint density at radius 3 is 2.59 bits per heavy atom. The van der Waals surface area contributed by atoms with E-state index in [-0.39, 0.29) is 24.9 Å². The Kier molecular flexibility index (Phi) is 6.31. The van der Waals surface area contributed by atoms with Crippen LogP contribution >= 0.6 is 11.3 Å². The maximum atomic E-state index is 14.9. The quantitative estimate of drug-likeness (QED) is 0.742. The molecule has 1 aromatic heterocycles. The summed E-state index contributed by atoms with van der Waals surface area (Å²) in [4.78, 5) is 41.7. The normalized spacial score (nSPS) is 18.7. The predicted molar refractivity (Wildman–Crippen MR) is 120 cm³/mol. The SMILES string of the molecule is CC(=O)NC[C@H]1CN(c2ccc(N3CCN(C(=O)c4sccc4C)CC3)c(F)c2)C(=O)O1. The fraction of sp³-hybridized carbons (Fsp3) is 0.409.